The summed E-state index contributed by atoms with van der Waals surface area (Å²) in [7, 11) is 0. The monoisotopic (exact) mass is 326 g/mol. The average molecular weight is 327 g/mol. The number of carbonyl (C=O) groups is 1. The van der Waals surface area contributed by atoms with Gasteiger partial charge in [-0.2, -0.15) is 0 Å². The molecule has 23 heavy (non-hydrogen) atoms. The zero-order valence-corrected chi connectivity index (χ0v) is 16.6. The third-order valence-electron chi connectivity index (χ3n) is 4.46. The molecule has 0 bridgehead atoms. The first-order chi connectivity index (χ1) is 10.9. The first-order valence-corrected chi connectivity index (χ1v) is 10.0. The zero-order chi connectivity index (χ0) is 17.6. The number of ether oxygens (including phenoxy) is 1. The van der Waals surface area contributed by atoms with E-state index in [9.17, 15) is 4.79 Å². The van der Waals surface area contributed by atoms with E-state index >= 15 is 0 Å². The zero-order valence-electron chi connectivity index (χ0n) is 16.6. The third-order valence-corrected chi connectivity index (χ3v) is 4.46. The van der Waals surface area contributed by atoms with Crippen LogP contribution in [0.5, 0.6) is 0 Å². The first kappa shape index (κ1) is 22.5. The van der Waals surface area contributed by atoms with Gasteiger partial charge < -0.3 is 4.74 Å². The van der Waals surface area contributed by atoms with Gasteiger partial charge in [-0.3, -0.25) is 4.79 Å². The van der Waals surface area contributed by atoms with Crippen molar-refractivity contribution in [3.05, 3.63) is 0 Å². The summed E-state index contributed by atoms with van der Waals surface area (Å²) in [5.41, 5.74) is 0.487. The SMILES string of the molecule is CCCCCOC(=O)C(C)CCCCCCCCCC(C)(C)C. The Labute approximate surface area is 145 Å². The summed E-state index contributed by atoms with van der Waals surface area (Å²) in [5.74, 6) is 0.0756. The number of esters is 1. The number of unbranched alkanes of at least 4 members (excludes halogenated alkanes) is 8. The van der Waals surface area contributed by atoms with Gasteiger partial charge in [0.2, 0.25) is 0 Å². The Morgan fingerprint density at radius 1 is 0.870 bits per heavy atom. The largest absolute Gasteiger partial charge is 0.465 e. The number of hydrogen-bond acceptors (Lipinski definition) is 2. The van der Waals surface area contributed by atoms with Crippen molar-refractivity contribution < 1.29 is 9.53 Å². The molecule has 0 aliphatic heterocycles. The average Bonchev–Trinajstić information content (AvgIpc) is 2.48. The summed E-state index contributed by atoms with van der Waals surface area (Å²) in [4.78, 5) is 11.8. The molecule has 0 spiro atoms. The smallest absolute Gasteiger partial charge is 0.308 e. The molecular formula is C21H42O2. The highest BCUT2D eigenvalue weighted by molar-refractivity contribution is 5.71. The van der Waals surface area contributed by atoms with Gasteiger partial charge in [-0.05, 0) is 24.7 Å². The second-order valence-electron chi connectivity index (χ2n) is 8.35. The Kier molecular flexibility index (Phi) is 13.5. The molecule has 0 aliphatic carbocycles. The summed E-state index contributed by atoms with van der Waals surface area (Å²) >= 11 is 0. The molecule has 0 heterocycles. The number of rotatable bonds is 14. The molecule has 138 valence electrons. The molecule has 0 saturated carbocycles. The molecule has 1 atom stereocenters. The van der Waals surface area contributed by atoms with E-state index in [2.05, 4.69) is 27.7 Å². The van der Waals surface area contributed by atoms with E-state index in [1.54, 1.807) is 0 Å². The molecule has 0 aromatic carbocycles. The molecule has 2 heteroatoms. The molecule has 0 radical (unpaired) electrons. The summed E-state index contributed by atoms with van der Waals surface area (Å²) in [5, 5.41) is 0. The van der Waals surface area contributed by atoms with E-state index in [0.29, 0.717) is 12.0 Å². The van der Waals surface area contributed by atoms with Gasteiger partial charge in [-0.15, -0.1) is 0 Å². The van der Waals surface area contributed by atoms with Crippen molar-refractivity contribution in [3.8, 4) is 0 Å². The highest BCUT2D eigenvalue weighted by Crippen LogP contribution is 2.22. The predicted octanol–water partition coefficient (Wildman–Crippen LogP) is 6.91. The summed E-state index contributed by atoms with van der Waals surface area (Å²) < 4.78 is 5.32. The van der Waals surface area contributed by atoms with Crippen LogP contribution >= 0.6 is 0 Å². The van der Waals surface area contributed by atoms with Gasteiger partial charge in [0, 0.05) is 0 Å². The van der Waals surface area contributed by atoms with Crippen LogP contribution in [-0.4, -0.2) is 12.6 Å². The minimum Gasteiger partial charge on any atom is -0.465 e. The lowest BCUT2D eigenvalue weighted by Crippen LogP contribution is -2.15. The van der Waals surface area contributed by atoms with E-state index < -0.39 is 0 Å². The highest BCUT2D eigenvalue weighted by atomic mass is 16.5. The molecule has 0 aromatic heterocycles. The minimum absolute atomic E-state index is 0.00304. The molecule has 0 aliphatic rings. The van der Waals surface area contributed by atoms with Gasteiger partial charge in [-0.25, -0.2) is 0 Å². The molecule has 0 fully saturated rings. The Bertz CT molecular complexity index is 278. The Hall–Kier alpha value is -0.530. The van der Waals surface area contributed by atoms with E-state index in [0.717, 1.165) is 25.7 Å². The van der Waals surface area contributed by atoms with Crippen molar-refractivity contribution in [3.63, 3.8) is 0 Å². The van der Waals surface area contributed by atoms with Crippen molar-refractivity contribution in [2.75, 3.05) is 6.61 Å². The van der Waals surface area contributed by atoms with Crippen molar-refractivity contribution >= 4 is 5.97 Å². The molecule has 1 unspecified atom stereocenters. The van der Waals surface area contributed by atoms with Crippen molar-refractivity contribution in [1.29, 1.82) is 0 Å². The second-order valence-corrected chi connectivity index (χ2v) is 8.35. The van der Waals surface area contributed by atoms with Crippen LogP contribution in [0.2, 0.25) is 0 Å². The summed E-state index contributed by atoms with van der Waals surface area (Å²) in [6.07, 6.45) is 14.8. The van der Waals surface area contributed by atoms with Crippen LogP contribution < -0.4 is 0 Å². The standard InChI is InChI=1S/C21H42O2/c1-6-7-15-18-23-20(22)19(2)16-13-11-9-8-10-12-14-17-21(3,4)5/h19H,6-18H2,1-5H3. The second kappa shape index (κ2) is 13.9. The highest BCUT2D eigenvalue weighted by Gasteiger charge is 2.13. The molecule has 0 N–H and O–H groups in total. The van der Waals surface area contributed by atoms with Crippen molar-refractivity contribution in [2.24, 2.45) is 11.3 Å². The lowest BCUT2D eigenvalue weighted by molar-refractivity contribution is -0.148. The van der Waals surface area contributed by atoms with Crippen LogP contribution in [0, 0.1) is 11.3 Å². The molecule has 2 nitrogen and oxygen atoms in total. The van der Waals surface area contributed by atoms with Crippen LogP contribution in [0.25, 0.3) is 0 Å². The third kappa shape index (κ3) is 16.1. The van der Waals surface area contributed by atoms with Gasteiger partial charge in [0.25, 0.3) is 0 Å². The maximum absolute atomic E-state index is 11.8. The minimum atomic E-state index is 0.00304. The maximum Gasteiger partial charge on any atom is 0.308 e. The van der Waals surface area contributed by atoms with E-state index in [1.165, 1.54) is 51.4 Å². The Balaban J connectivity index is 3.38. The Morgan fingerprint density at radius 3 is 2.00 bits per heavy atom. The van der Waals surface area contributed by atoms with Crippen LogP contribution in [0.1, 0.15) is 112 Å². The van der Waals surface area contributed by atoms with E-state index in [1.807, 2.05) is 6.92 Å². The fourth-order valence-corrected chi connectivity index (χ4v) is 2.77. The fourth-order valence-electron chi connectivity index (χ4n) is 2.77. The first-order valence-electron chi connectivity index (χ1n) is 10.0. The maximum atomic E-state index is 11.8. The molecular weight excluding hydrogens is 284 g/mol. The van der Waals surface area contributed by atoms with Crippen LogP contribution in [0.4, 0.5) is 0 Å². The Morgan fingerprint density at radius 2 is 1.43 bits per heavy atom. The predicted molar refractivity (Wildman–Crippen MR) is 101 cm³/mol. The van der Waals surface area contributed by atoms with Crippen molar-refractivity contribution in [1.82, 2.24) is 0 Å². The van der Waals surface area contributed by atoms with Gasteiger partial charge in [0.15, 0.2) is 0 Å². The number of carbonyl (C=O) groups excluding carboxylic acids is 1. The lowest BCUT2D eigenvalue weighted by Gasteiger charge is -2.17. The van der Waals surface area contributed by atoms with Gasteiger partial charge in [0.1, 0.15) is 0 Å². The quantitative estimate of drug-likeness (QED) is 0.256. The molecule has 0 aromatic rings. The van der Waals surface area contributed by atoms with Crippen LogP contribution in [0.3, 0.4) is 0 Å². The molecule has 0 amide bonds. The lowest BCUT2D eigenvalue weighted by atomic mass is 9.89. The van der Waals surface area contributed by atoms with E-state index in [-0.39, 0.29) is 11.9 Å². The van der Waals surface area contributed by atoms with Crippen LogP contribution in [-0.2, 0) is 9.53 Å². The summed E-state index contributed by atoms with van der Waals surface area (Å²) in [6, 6.07) is 0. The van der Waals surface area contributed by atoms with Gasteiger partial charge in [0.05, 0.1) is 12.5 Å². The van der Waals surface area contributed by atoms with Gasteiger partial charge in [-0.1, -0.05) is 92.4 Å². The topological polar surface area (TPSA) is 26.3 Å². The number of hydrogen-bond donors (Lipinski definition) is 0. The summed E-state index contributed by atoms with van der Waals surface area (Å²) in [6.45, 7) is 11.7. The van der Waals surface area contributed by atoms with Gasteiger partial charge >= 0.3 is 5.97 Å². The molecule has 0 rings (SSSR count). The van der Waals surface area contributed by atoms with Crippen LogP contribution in [0.15, 0.2) is 0 Å². The molecule has 0 saturated heterocycles. The normalized spacial score (nSPS) is 13.1. The van der Waals surface area contributed by atoms with Crippen molar-refractivity contribution in [2.45, 2.75) is 112 Å². The fraction of sp³-hybridized carbons (Fsp3) is 0.952. The van der Waals surface area contributed by atoms with E-state index in [4.69, 9.17) is 4.74 Å².